The van der Waals surface area contributed by atoms with Gasteiger partial charge in [0, 0.05) is 0 Å². The summed E-state index contributed by atoms with van der Waals surface area (Å²) < 4.78 is 0. The van der Waals surface area contributed by atoms with E-state index < -0.39 is 0 Å². The van der Waals surface area contributed by atoms with Crippen LogP contribution in [0.1, 0.15) is 61.3 Å². The van der Waals surface area contributed by atoms with Crippen molar-refractivity contribution in [1.29, 1.82) is 0 Å². The molecular formula is C17H32S. The van der Waals surface area contributed by atoms with Gasteiger partial charge < -0.3 is 0 Å². The molecule has 1 heteroatoms. The molecule has 106 valence electrons. The lowest BCUT2D eigenvalue weighted by Crippen LogP contribution is -2.32. The molecule has 0 fully saturated rings. The van der Waals surface area contributed by atoms with Gasteiger partial charge in [-0.05, 0) is 54.3 Å². The Bertz CT molecular complexity index is 312. The Balaban J connectivity index is 5.76. The third-order valence-electron chi connectivity index (χ3n) is 4.43. The molecule has 0 aliphatic heterocycles. The minimum absolute atomic E-state index is 0.252. The van der Waals surface area contributed by atoms with Crippen LogP contribution in [0.2, 0.25) is 0 Å². The van der Waals surface area contributed by atoms with Gasteiger partial charge in [-0.25, -0.2) is 0 Å². The highest BCUT2D eigenvalue weighted by Gasteiger charge is 2.36. The summed E-state index contributed by atoms with van der Waals surface area (Å²) >= 11 is 1.86. The van der Waals surface area contributed by atoms with E-state index in [9.17, 15) is 0 Å². The average Bonchev–Trinajstić information content (AvgIpc) is 2.27. The topological polar surface area (TPSA) is 0 Å². The van der Waals surface area contributed by atoms with Crippen molar-refractivity contribution in [2.24, 2.45) is 17.3 Å². The third kappa shape index (κ3) is 3.91. The van der Waals surface area contributed by atoms with E-state index in [0.29, 0.717) is 11.8 Å². The van der Waals surface area contributed by atoms with Gasteiger partial charge in [0.1, 0.15) is 0 Å². The average molecular weight is 269 g/mol. The predicted molar refractivity (Wildman–Crippen MR) is 88.0 cm³/mol. The molecule has 0 saturated heterocycles. The van der Waals surface area contributed by atoms with Crippen molar-refractivity contribution in [2.75, 3.05) is 6.26 Å². The zero-order valence-corrected chi connectivity index (χ0v) is 14.5. The summed E-state index contributed by atoms with van der Waals surface area (Å²) in [6.07, 6.45) is 4.64. The molecule has 2 atom stereocenters. The van der Waals surface area contributed by atoms with Crippen LogP contribution in [0.25, 0.3) is 0 Å². The number of allylic oxidation sites excluding steroid dienone is 3. The summed E-state index contributed by atoms with van der Waals surface area (Å²) in [7, 11) is 0. The van der Waals surface area contributed by atoms with Crippen LogP contribution in [0, 0.1) is 17.3 Å². The molecule has 0 N–H and O–H groups in total. The highest BCUT2D eigenvalue weighted by molar-refractivity contribution is 8.02. The lowest BCUT2D eigenvalue weighted by Gasteiger charge is -2.42. The maximum atomic E-state index is 4.24. The molecule has 0 aliphatic rings. The van der Waals surface area contributed by atoms with Crippen molar-refractivity contribution in [3.63, 3.8) is 0 Å². The Kier molecular flexibility index (Phi) is 7.36. The van der Waals surface area contributed by atoms with Gasteiger partial charge in [0.2, 0.25) is 0 Å². The second-order valence-electron chi connectivity index (χ2n) is 6.12. The van der Waals surface area contributed by atoms with Crippen molar-refractivity contribution in [2.45, 2.75) is 61.3 Å². The van der Waals surface area contributed by atoms with E-state index in [1.807, 2.05) is 11.8 Å². The second-order valence-corrected chi connectivity index (χ2v) is 7.14. The van der Waals surface area contributed by atoms with Crippen molar-refractivity contribution in [3.8, 4) is 0 Å². The Morgan fingerprint density at radius 2 is 1.72 bits per heavy atom. The SMILES string of the molecule is C=C(C)/C(=C(/C)SC)[C@@](C)(CCC)C(C)C(C)C. The van der Waals surface area contributed by atoms with E-state index >= 15 is 0 Å². The van der Waals surface area contributed by atoms with Gasteiger partial charge in [0.15, 0.2) is 0 Å². The van der Waals surface area contributed by atoms with Crippen LogP contribution in [0.4, 0.5) is 0 Å². The van der Waals surface area contributed by atoms with Crippen LogP contribution in [0.3, 0.4) is 0 Å². The lowest BCUT2D eigenvalue weighted by molar-refractivity contribution is 0.182. The highest BCUT2D eigenvalue weighted by atomic mass is 32.2. The maximum absolute atomic E-state index is 4.24. The second kappa shape index (κ2) is 7.43. The highest BCUT2D eigenvalue weighted by Crippen LogP contribution is 2.48. The van der Waals surface area contributed by atoms with E-state index in [-0.39, 0.29) is 5.41 Å². The molecule has 0 aromatic carbocycles. The van der Waals surface area contributed by atoms with Crippen molar-refractivity contribution in [3.05, 3.63) is 22.6 Å². The Morgan fingerprint density at radius 1 is 1.22 bits per heavy atom. The molecule has 0 radical (unpaired) electrons. The standard InChI is InChI=1S/C17H32S/c1-10-11-17(8,14(6)12(2)3)16(13(4)5)15(7)18-9/h12,14H,4,10-11H2,1-3,5-9H3/b16-15+/t14?,17-/m0/s1. The van der Waals surface area contributed by atoms with E-state index in [1.54, 1.807) is 0 Å². The monoisotopic (exact) mass is 268 g/mol. The third-order valence-corrected chi connectivity index (χ3v) is 5.25. The Hall–Kier alpha value is -0.170. The minimum atomic E-state index is 0.252. The van der Waals surface area contributed by atoms with Crippen molar-refractivity contribution >= 4 is 11.8 Å². The summed E-state index contributed by atoms with van der Waals surface area (Å²) in [6, 6.07) is 0. The molecule has 0 bridgehead atoms. The van der Waals surface area contributed by atoms with Crippen LogP contribution in [0.15, 0.2) is 22.6 Å². The van der Waals surface area contributed by atoms with Gasteiger partial charge in [-0.3, -0.25) is 0 Å². The van der Waals surface area contributed by atoms with Gasteiger partial charge >= 0.3 is 0 Å². The van der Waals surface area contributed by atoms with Gasteiger partial charge in [0.05, 0.1) is 0 Å². The van der Waals surface area contributed by atoms with Crippen molar-refractivity contribution in [1.82, 2.24) is 0 Å². The molecule has 0 amide bonds. The molecule has 0 rings (SSSR count). The number of hydrogen-bond donors (Lipinski definition) is 0. The van der Waals surface area contributed by atoms with Crippen LogP contribution in [-0.4, -0.2) is 6.26 Å². The zero-order valence-electron chi connectivity index (χ0n) is 13.7. The van der Waals surface area contributed by atoms with E-state index in [4.69, 9.17) is 0 Å². The first-order valence-electron chi connectivity index (χ1n) is 7.13. The summed E-state index contributed by atoms with van der Waals surface area (Å²) in [5, 5.41) is 0. The van der Waals surface area contributed by atoms with Gasteiger partial charge in [0.25, 0.3) is 0 Å². The molecule has 0 saturated carbocycles. The summed E-state index contributed by atoms with van der Waals surface area (Å²) in [4.78, 5) is 1.44. The smallest absolute Gasteiger partial charge is 0.00372 e. The fourth-order valence-corrected chi connectivity index (χ4v) is 3.74. The molecule has 18 heavy (non-hydrogen) atoms. The largest absolute Gasteiger partial charge is 0.134 e. The summed E-state index contributed by atoms with van der Waals surface area (Å²) in [6.45, 7) is 20.4. The Morgan fingerprint density at radius 3 is 2.00 bits per heavy atom. The molecule has 1 unspecified atom stereocenters. The van der Waals surface area contributed by atoms with Crippen LogP contribution in [-0.2, 0) is 0 Å². The molecular weight excluding hydrogens is 236 g/mol. The van der Waals surface area contributed by atoms with Gasteiger partial charge in [-0.1, -0.05) is 53.2 Å². The number of thioether (sulfide) groups is 1. The summed E-state index contributed by atoms with van der Waals surface area (Å²) in [5.74, 6) is 1.37. The van der Waals surface area contributed by atoms with Gasteiger partial charge in [-0.2, -0.15) is 0 Å². The van der Waals surface area contributed by atoms with Crippen molar-refractivity contribution < 1.29 is 0 Å². The molecule has 0 nitrogen and oxygen atoms in total. The first kappa shape index (κ1) is 17.8. The fourth-order valence-electron chi connectivity index (χ4n) is 3.13. The van der Waals surface area contributed by atoms with Crippen LogP contribution < -0.4 is 0 Å². The number of hydrogen-bond acceptors (Lipinski definition) is 1. The van der Waals surface area contributed by atoms with E-state index in [0.717, 1.165) is 0 Å². The molecule has 0 heterocycles. The summed E-state index contributed by atoms with van der Waals surface area (Å²) in [5.41, 5.74) is 2.99. The first-order valence-corrected chi connectivity index (χ1v) is 8.36. The van der Waals surface area contributed by atoms with E-state index in [1.165, 1.54) is 28.9 Å². The van der Waals surface area contributed by atoms with Crippen LogP contribution in [0.5, 0.6) is 0 Å². The predicted octanol–water partition coefficient (Wildman–Crippen LogP) is 6.30. The lowest BCUT2D eigenvalue weighted by atomic mass is 9.64. The van der Waals surface area contributed by atoms with E-state index in [2.05, 4.69) is 61.3 Å². The number of rotatable bonds is 7. The first-order chi connectivity index (χ1) is 8.22. The van der Waals surface area contributed by atoms with Gasteiger partial charge in [-0.15, -0.1) is 11.8 Å². The zero-order chi connectivity index (χ0) is 14.5. The minimum Gasteiger partial charge on any atom is -0.134 e. The van der Waals surface area contributed by atoms with Crippen LogP contribution >= 0.6 is 11.8 Å². The molecule has 0 spiro atoms. The Labute approximate surface area is 119 Å². The fraction of sp³-hybridized carbons (Fsp3) is 0.765. The molecule has 0 aromatic rings. The normalized spacial score (nSPS) is 18.3. The maximum Gasteiger partial charge on any atom is -0.00372 e. The molecule has 0 aliphatic carbocycles. The molecule has 0 aromatic heterocycles. The quantitative estimate of drug-likeness (QED) is 0.488.